The summed E-state index contributed by atoms with van der Waals surface area (Å²) in [5.41, 5.74) is -0.181. The highest BCUT2D eigenvalue weighted by Crippen LogP contribution is 2.38. The fourth-order valence-corrected chi connectivity index (χ4v) is 6.75. The lowest BCUT2D eigenvalue weighted by molar-refractivity contribution is 0.263. The van der Waals surface area contributed by atoms with Crippen LogP contribution in [0.4, 0.5) is 0 Å². The Morgan fingerprint density at radius 2 is 1.21 bits per heavy atom. The first-order valence-corrected chi connectivity index (χ1v) is 14.1. The molecule has 0 N–H and O–H groups in total. The van der Waals surface area contributed by atoms with Gasteiger partial charge in [-0.2, -0.15) is 8.42 Å². The third-order valence-electron chi connectivity index (χ3n) is 5.85. The minimum Gasteiger partial charge on any atom is -0.746 e. The number of fused-ring (bicyclic) bond motifs is 1. The number of hydrogen-bond acceptors (Lipinski definition) is 6. The molecule has 8 heteroatoms. The summed E-state index contributed by atoms with van der Waals surface area (Å²) >= 11 is 0. The Labute approximate surface area is 202 Å². The summed E-state index contributed by atoms with van der Waals surface area (Å²) < 4.78 is 69.2. The molecule has 3 aromatic carbocycles. The molecule has 0 bridgehead atoms. The van der Waals surface area contributed by atoms with Crippen LogP contribution < -0.4 is 0 Å². The van der Waals surface area contributed by atoms with Gasteiger partial charge in [0.05, 0.1) is 0 Å². The maximum Gasteiger partial charge on any atom is 0.299 e. The largest absolute Gasteiger partial charge is 0.746 e. The van der Waals surface area contributed by atoms with Gasteiger partial charge in [-0.25, -0.2) is 12.6 Å². The summed E-state index contributed by atoms with van der Waals surface area (Å²) in [6, 6.07) is 15.3. The summed E-state index contributed by atoms with van der Waals surface area (Å²) in [5.74, 6) is -0.180. The fraction of sp³-hybridized carbons (Fsp3) is 0.385. The zero-order valence-electron chi connectivity index (χ0n) is 20.3. The molecule has 3 rings (SSSR count). The van der Waals surface area contributed by atoms with E-state index in [9.17, 15) is 21.4 Å². The van der Waals surface area contributed by atoms with Gasteiger partial charge < -0.3 is 4.55 Å². The van der Waals surface area contributed by atoms with Crippen LogP contribution in [0.1, 0.15) is 87.0 Å². The van der Waals surface area contributed by atoms with Crippen LogP contribution in [-0.4, -0.2) is 21.4 Å². The molecule has 0 saturated carbocycles. The second-order valence-electron chi connectivity index (χ2n) is 9.47. The lowest BCUT2D eigenvalue weighted by Gasteiger charge is -2.26. The predicted molar refractivity (Wildman–Crippen MR) is 133 cm³/mol. The molecular weight excluding hydrogens is 472 g/mol. The minimum atomic E-state index is -5.17. The van der Waals surface area contributed by atoms with Crippen LogP contribution in [0.2, 0.25) is 0 Å². The molecule has 184 valence electrons. The van der Waals surface area contributed by atoms with Gasteiger partial charge in [-0.15, -0.1) is 0 Å². The Balaban J connectivity index is 2.21. The molecule has 0 fully saturated rings. The van der Waals surface area contributed by atoms with Gasteiger partial charge in [-0.05, 0) is 56.8 Å². The Hall–Kier alpha value is -2.26. The molecule has 34 heavy (non-hydrogen) atoms. The first kappa shape index (κ1) is 26.3. The van der Waals surface area contributed by atoms with Gasteiger partial charge in [-0.3, -0.25) is 0 Å². The van der Waals surface area contributed by atoms with Crippen molar-refractivity contribution in [2.75, 3.05) is 0 Å². The second-order valence-corrected chi connectivity index (χ2v) is 12.4. The molecule has 0 aromatic heterocycles. The van der Waals surface area contributed by atoms with Gasteiger partial charge in [0.2, 0.25) is 0 Å². The van der Waals surface area contributed by atoms with Crippen molar-refractivity contribution in [2.45, 2.75) is 69.6 Å². The van der Waals surface area contributed by atoms with Gasteiger partial charge >= 0.3 is 0 Å². The molecule has 0 spiro atoms. The van der Waals surface area contributed by atoms with Crippen molar-refractivity contribution in [3.63, 3.8) is 0 Å². The molecule has 1 atom stereocenters. The topological polar surface area (TPSA) is 101 Å². The molecule has 0 amide bonds. The van der Waals surface area contributed by atoms with Crippen LogP contribution in [0, 0.1) is 0 Å². The number of benzene rings is 3. The van der Waals surface area contributed by atoms with E-state index in [-0.39, 0.29) is 28.2 Å². The lowest BCUT2D eigenvalue weighted by atomic mass is 9.89. The lowest BCUT2D eigenvalue weighted by Crippen LogP contribution is -2.22. The van der Waals surface area contributed by atoms with Crippen molar-refractivity contribution in [3.05, 3.63) is 76.9 Å². The van der Waals surface area contributed by atoms with Gasteiger partial charge in [-0.1, -0.05) is 90.1 Å². The van der Waals surface area contributed by atoms with E-state index in [0.717, 1.165) is 10.9 Å². The van der Waals surface area contributed by atoms with Gasteiger partial charge in [0.25, 0.3) is 10.1 Å². The van der Waals surface area contributed by atoms with Crippen molar-refractivity contribution in [3.8, 4) is 0 Å². The molecule has 3 aromatic rings. The SMILES string of the molecule is CC(C)c1cc(C(C)C)c(S(=O)(=O)OC(c2ccc3ccccc3c2)S(=O)(=O)[O-])c(C(C)C)c1. The van der Waals surface area contributed by atoms with Crippen LogP contribution >= 0.6 is 0 Å². The zero-order chi connectivity index (χ0) is 25.4. The maximum atomic E-state index is 13.6. The summed E-state index contributed by atoms with van der Waals surface area (Å²) in [7, 11) is -9.78. The van der Waals surface area contributed by atoms with Gasteiger partial charge in [0.1, 0.15) is 15.0 Å². The van der Waals surface area contributed by atoms with E-state index in [0.29, 0.717) is 16.5 Å². The summed E-state index contributed by atoms with van der Waals surface area (Å²) in [4.78, 5) is -0.0589. The molecule has 6 nitrogen and oxygen atoms in total. The Kier molecular flexibility index (Phi) is 7.57. The highest BCUT2D eigenvalue weighted by atomic mass is 32.2. The molecular formula is C26H31O6S2-. The van der Waals surface area contributed by atoms with Crippen molar-refractivity contribution in [2.24, 2.45) is 0 Å². The Morgan fingerprint density at radius 3 is 1.68 bits per heavy atom. The zero-order valence-corrected chi connectivity index (χ0v) is 21.9. The average Bonchev–Trinajstić information content (AvgIpc) is 2.75. The Morgan fingerprint density at radius 1 is 0.676 bits per heavy atom. The molecule has 1 unspecified atom stereocenters. The molecule has 0 saturated heterocycles. The van der Waals surface area contributed by atoms with Crippen molar-refractivity contribution in [1.29, 1.82) is 0 Å². The smallest absolute Gasteiger partial charge is 0.299 e. The van der Waals surface area contributed by atoms with Crippen LogP contribution in [0.25, 0.3) is 10.8 Å². The fourth-order valence-electron chi connectivity index (χ4n) is 3.97. The average molecular weight is 504 g/mol. The van der Waals surface area contributed by atoms with Gasteiger partial charge in [0, 0.05) is 0 Å². The standard InChI is InChI=1S/C26H32O6S2/c1-16(2)22-14-23(17(3)4)25(24(15-22)18(5)6)34(30,31)32-26(33(27,28)29)21-12-11-19-9-7-8-10-20(19)13-21/h7-18,26H,1-6H3,(H,27,28,29)/p-1. The number of rotatable bonds is 8. The van der Waals surface area contributed by atoms with Crippen LogP contribution in [0.3, 0.4) is 0 Å². The summed E-state index contributed by atoms with van der Waals surface area (Å²) in [5, 5.41) is 1.49. The third kappa shape index (κ3) is 5.51. The highest BCUT2D eigenvalue weighted by Gasteiger charge is 2.33. The van der Waals surface area contributed by atoms with E-state index in [1.165, 1.54) is 12.1 Å². The van der Waals surface area contributed by atoms with Crippen molar-refractivity contribution in [1.82, 2.24) is 0 Å². The molecule has 0 radical (unpaired) electrons. The van der Waals surface area contributed by atoms with E-state index in [1.807, 2.05) is 65.8 Å². The highest BCUT2D eigenvalue weighted by molar-refractivity contribution is 7.89. The van der Waals surface area contributed by atoms with Crippen LogP contribution in [-0.2, 0) is 24.4 Å². The summed E-state index contributed by atoms with van der Waals surface area (Å²) in [6.45, 7) is 11.5. The van der Waals surface area contributed by atoms with E-state index in [1.54, 1.807) is 18.2 Å². The third-order valence-corrected chi connectivity index (χ3v) is 8.28. The molecule has 0 aliphatic heterocycles. The van der Waals surface area contributed by atoms with Crippen LogP contribution in [0.5, 0.6) is 0 Å². The predicted octanol–water partition coefficient (Wildman–Crippen LogP) is 6.16. The quantitative estimate of drug-likeness (QED) is 0.270. The number of hydrogen-bond donors (Lipinski definition) is 0. The maximum absolute atomic E-state index is 13.6. The molecule has 0 aliphatic carbocycles. The van der Waals surface area contributed by atoms with E-state index in [4.69, 9.17) is 4.18 Å². The van der Waals surface area contributed by atoms with Crippen LogP contribution in [0.15, 0.2) is 59.5 Å². The molecule has 0 heterocycles. The Bertz CT molecular complexity index is 1380. The first-order valence-electron chi connectivity index (χ1n) is 11.3. The molecule has 0 aliphatic rings. The van der Waals surface area contributed by atoms with E-state index >= 15 is 0 Å². The van der Waals surface area contributed by atoms with Crippen molar-refractivity contribution >= 4 is 31.0 Å². The monoisotopic (exact) mass is 503 g/mol. The first-order chi connectivity index (χ1) is 15.7. The minimum absolute atomic E-state index is 0.0340. The van der Waals surface area contributed by atoms with E-state index in [2.05, 4.69) is 0 Å². The van der Waals surface area contributed by atoms with E-state index < -0.39 is 25.7 Å². The van der Waals surface area contributed by atoms with Gasteiger partial charge in [0.15, 0.2) is 5.44 Å². The van der Waals surface area contributed by atoms with Crippen molar-refractivity contribution < 1.29 is 25.6 Å². The summed E-state index contributed by atoms with van der Waals surface area (Å²) in [6.07, 6.45) is 0. The normalized spacial score (nSPS) is 13.8. The second kappa shape index (κ2) is 9.77.